The van der Waals surface area contributed by atoms with Crippen LogP contribution in [0.1, 0.15) is 6.42 Å². The van der Waals surface area contributed by atoms with Crippen molar-refractivity contribution in [1.29, 1.82) is 0 Å². The minimum atomic E-state index is -3.82. The van der Waals surface area contributed by atoms with E-state index in [0.717, 1.165) is 17.0 Å². The molecule has 1 aromatic rings. The highest BCUT2D eigenvalue weighted by Gasteiger charge is 2.38. The molecule has 4 N–H and O–H groups in total. The van der Waals surface area contributed by atoms with E-state index in [1.165, 1.54) is 0 Å². The molecule has 1 aliphatic rings. The predicted molar refractivity (Wildman–Crippen MR) is 72.4 cm³/mol. The molecule has 1 amide bonds. The second kappa shape index (κ2) is 4.73. The van der Waals surface area contributed by atoms with E-state index in [1.807, 2.05) is 0 Å². The molecule has 1 fully saturated rings. The molecule has 2 rings (SSSR count). The molecular formula is C10H11BrFN3O3S. The number of sulfonamides is 1. The van der Waals surface area contributed by atoms with Crippen molar-refractivity contribution in [2.45, 2.75) is 11.7 Å². The number of primary sulfonamides is 1. The Bertz CT molecular complexity index is 650. The topological polar surface area (TPSA) is 106 Å². The van der Waals surface area contributed by atoms with Crippen LogP contribution < -0.4 is 15.8 Å². The van der Waals surface area contributed by atoms with E-state index in [0.29, 0.717) is 4.47 Å². The van der Waals surface area contributed by atoms with Crippen molar-refractivity contribution >= 4 is 43.2 Å². The largest absolute Gasteiger partial charge is 0.396 e. The summed E-state index contributed by atoms with van der Waals surface area (Å²) in [5.74, 6) is -1.04. The van der Waals surface area contributed by atoms with Crippen molar-refractivity contribution in [3.8, 4) is 0 Å². The summed E-state index contributed by atoms with van der Waals surface area (Å²) in [6.07, 6.45) is -0.230. The molecule has 104 valence electrons. The maximum Gasteiger partial charge on any atom is 0.228 e. The second-order valence-corrected chi connectivity index (χ2v) is 6.94. The summed E-state index contributed by atoms with van der Waals surface area (Å²) in [6.45, 7) is -0.127. The fourth-order valence-electron chi connectivity index (χ4n) is 1.92. The van der Waals surface area contributed by atoms with Crippen molar-refractivity contribution in [1.82, 2.24) is 0 Å². The molecule has 1 aliphatic heterocycles. The molecule has 0 aromatic heterocycles. The van der Waals surface area contributed by atoms with Gasteiger partial charge in [-0.25, -0.2) is 17.9 Å². The molecule has 1 saturated heterocycles. The van der Waals surface area contributed by atoms with Gasteiger partial charge in [0, 0.05) is 17.4 Å². The fourth-order valence-corrected chi connectivity index (χ4v) is 3.08. The number of nitrogens with two attached hydrogens (primary N) is 2. The molecule has 1 unspecified atom stereocenters. The van der Waals surface area contributed by atoms with Gasteiger partial charge >= 0.3 is 0 Å². The number of nitrogens with zero attached hydrogens (tertiary/aromatic N) is 1. The van der Waals surface area contributed by atoms with E-state index >= 15 is 0 Å². The van der Waals surface area contributed by atoms with Gasteiger partial charge in [-0.2, -0.15) is 0 Å². The van der Waals surface area contributed by atoms with Crippen LogP contribution in [0, 0.1) is 5.82 Å². The smallest absolute Gasteiger partial charge is 0.228 e. The SMILES string of the molecule is Nc1c(Br)cc(F)cc1N1CC(S(N)(=O)=O)CC1=O. The first-order valence-corrected chi connectivity index (χ1v) is 7.67. The molecule has 0 bridgehead atoms. The Labute approximate surface area is 117 Å². The summed E-state index contributed by atoms with van der Waals surface area (Å²) in [7, 11) is -3.82. The Morgan fingerprint density at radius 3 is 2.58 bits per heavy atom. The molecule has 1 heterocycles. The molecule has 6 nitrogen and oxygen atoms in total. The monoisotopic (exact) mass is 351 g/mol. The first-order chi connectivity index (χ1) is 8.70. The van der Waals surface area contributed by atoms with Crippen molar-refractivity contribution < 1.29 is 17.6 Å². The molecule has 0 spiro atoms. The van der Waals surface area contributed by atoms with Crippen LogP contribution in [0.15, 0.2) is 16.6 Å². The first kappa shape index (κ1) is 14.2. The van der Waals surface area contributed by atoms with E-state index in [2.05, 4.69) is 15.9 Å². The molecule has 0 radical (unpaired) electrons. The van der Waals surface area contributed by atoms with Gasteiger partial charge in [-0.1, -0.05) is 0 Å². The quantitative estimate of drug-likeness (QED) is 0.759. The van der Waals surface area contributed by atoms with Crippen LogP contribution in [0.2, 0.25) is 0 Å². The van der Waals surface area contributed by atoms with Crippen LogP contribution in [0.4, 0.5) is 15.8 Å². The lowest BCUT2D eigenvalue weighted by Crippen LogP contribution is -2.32. The van der Waals surface area contributed by atoms with Crippen molar-refractivity contribution in [3.05, 3.63) is 22.4 Å². The minimum Gasteiger partial charge on any atom is -0.396 e. The Balaban J connectivity index is 2.41. The number of carbonyl (C=O) groups is 1. The maximum absolute atomic E-state index is 13.4. The molecule has 0 aliphatic carbocycles. The number of amides is 1. The first-order valence-electron chi connectivity index (χ1n) is 5.26. The number of anilines is 2. The van der Waals surface area contributed by atoms with Gasteiger partial charge in [-0.3, -0.25) is 4.79 Å². The number of nitrogen functional groups attached to an aromatic ring is 1. The third-order valence-corrected chi connectivity index (χ3v) is 4.82. The minimum absolute atomic E-state index is 0.127. The van der Waals surface area contributed by atoms with Gasteiger partial charge in [0.25, 0.3) is 0 Å². The second-order valence-electron chi connectivity index (χ2n) is 4.24. The Morgan fingerprint density at radius 1 is 1.42 bits per heavy atom. The van der Waals surface area contributed by atoms with Crippen LogP contribution in [-0.4, -0.2) is 26.1 Å². The van der Waals surface area contributed by atoms with E-state index < -0.39 is 27.0 Å². The van der Waals surface area contributed by atoms with E-state index in [4.69, 9.17) is 10.9 Å². The van der Waals surface area contributed by atoms with Gasteiger partial charge in [0.05, 0.1) is 11.4 Å². The van der Waals surface area contributed by atoms with Gasteiger partial charge < -0.3 is 10.6 Å². The standard InChI is InChI=1S/C10H11BrFN3O3S/c11-7-1-5(12)2-8(10(7)13)15-4-6(3-9(15)16)19(14,17)18/h1-2,6H,3-4,13H2,(H2,14,17,18). The summed E-state index contributed by atoms with van der Waals surface area (Å²) in [4.78, 5) is 13.0. The van der Waals surface area contributed by atoms with Crippen LogP contribution in [-0.2, 0) is 14.8 Å². The fraction of sp³-hybridized carbons (Fsp3) is 0.300. The van der Waals surface area contributed by atoms with E-state index in [-0.39, 0.29) is 24.3 Å². The average Bonchev–Trinajstić information content (AvgIpc) is 2.65. The maximum atomic E-state index is 13.4. The van der Waals surface area contributed by atoms with Crippen LogP contribution in [0.3, 0.4) is 0 Å². The summed E-state index contributed by atoms with van der Waals surface area (Å²) < 4.78 is 36.2. The number of carbonyl (C=O) groups excluding carboxylic acids is 1. The number of hydrogen-bond acceptors (Lipinski definition) is 4. The highest BCUT2D eigenvalue weighted by Crippen LogP contribution is 2.34. The van der Waals surface area contributed by atoms with Crippen LogP contribution in [0.5, 0.6) is 0 Å². The van der Waals surface area contributed by atoms with Gasteiger partial charge in [-0.15, -0.1) is 0 Å². The van der Waals surface area contributed by atoms with Crippen molar-refractivity contribution in [2.24, 2.45) is 5.14 Å². The number of halogens is 2. The summed E-state index contributed by atoms with van der Waals surface area (Å²) in [6, 6.07) is 2.25. The molecular weight excluding hydrogens is 341 g/mol. The lowest BCUT2D eigenvalue weighted by Gasteiger charge is -2.19. The Hall–Kier alpha value is -1.19. The average molecular weight is 352 g/mol. The van der Waals surface area contributed by atoms with Crippen molar-refractivity contribution in [2.75, 3.05) is 17.2 Å². The number of hydrogen-bond donors (Lipinski definition) is 2. The van der Waals surface area contributed by atoms with Crippen molar-refractivity contribution in [3.63, 3.8) is 0 Å². The molecule has 19 heavy (non-hydrogen) atoms. The van der Waals surface area contributed by atoms with Crippen LogP contribution >= 0.6 is 15.9 Å². The third-order valence-electron chi connectivity index (χ3n) is 2.92. The Kier molecular flexibility index (Phi) is 3.54. The zero-order valence-electron chi connectivity index (χ0n) is 9.64. The summed E-state index contributed by atoms with van der Waals surface area (Å²) in [5.41, 5.74) is 6.07. The zero-order valence-corrected chi connectivity index (χ0v) is 12.0. The number of benzene rings is 1. The van der Waals surface area contributed by atoms with Gasteiger partial charge in [0.2, 0.25) is 15.9 Å². The lowest BCUT2D eigenvalue weighted by molar-refractivity contribution is -0.117. The summed E-state index contributed by atoms with van der Waals surface area (Å²) in [5, 5.41) is 4.02. The van der Waals surface area contributed by atoms with Crippen LogP contribution in [0.25, 0.3) is 0 Å². The normalized spacial score (nSPS) is 20.1. The summed E-state index contributed by atoms with van der Waals surface area (Å²) >= 11 is 3.07. The van der Waals surface area contributed by atoms with Gasteiger partial charge in [-0.05, 0) is 28.1 Å². The lowest BCUT2D eigenvalue weighted by atomic mass is 10.2. The van der Waals surface area contributed by atoms with E-state index in [9.17, 15) is 17.6 Å². The highest BCUT2D eigenvalue weighted by molar-refractivity contribution is 9.10. The Morgan fingerprint density at radius 2 is 2.05 bits per heavy atom. The molecule has 0 saturated carbocycles. The highest BCUT2D eigenvalue weighted by atomic mass is 79.9. The third kappa shape index (κ3) is 2.72. The molecule has 1 aromatic carbocycles. The van der Waals surface area contributed by atoms with Gasteiger partial charge in [0.15, 0.2) is 0 Å². The number of rotatable bonds is 2. The molecule has 9 heteroatoms. The van der Waals surface area contributed by atoms with Gasteiger partial charge in [0.1, 0.15) is 11.1 Å². The predicted octanol–water partition coefficient (Wildman–Crippen LogP) is 0.564. The zero-order chi connectivity index (χ0) is 14.4. The molecule has 1 atom stereocenters. The van der Waals surface area contributed by atoms with E-state index in [1.54, 1.807) is 0 Å².